The zero-order chi connectivity index (χ0) is 11.5. The van der Waals surface area contributed by atoms with Crippen molar-refractivity contribution in [1.82, 2.24) is 9.55 Å². The molecule has 2 aromatic heterocycles. The molecular weight excluding hydrogens is 208 g/mol. The molecular formula is C11H12N2O3. The zero-order valence-electron chi connectivity index (χ0n) is 8.88. The van der Waals surface area contributed by atoms with Crippen LogP contribution in [0.4, 0.5) is 0 Å². The zero-order valence-corrected chi connectivity index (χ0v) is 8.88. The normalized spacial score (nSPS) is 10.6. The van der Waals surface area contributed by atoms with Crippen molar-refractivity contribution in [3.8, 4) is 0 Å². The molecule has 0 spiro atoms. The minimum atomic E-state index is -0.952. The summed E-state index contributed by atoms with van der Waals surface area (Å²) in [6.45, 7) is 2.32. The molecule has 0 aliphatic heterocycles. The van der Waals surface area contributed by atoms with E-state index in [1.54, 1.807) is 29.1 Å². The van der Waals surface area contributed by atoms with E-state index in [9.17, 15) is 4.79 Å². The molecule has 0 saturated heterocycles. The Kier molecular flexibility index (Phi) is 2.76. The van der Waals surface area contributed by atoms with Gasteiger partial charge < -0.3 is 14.1 Å². The number of carboxylic acids is 1. The molecule has 1 N–H and O–H groups in total. The van der Waals surface area contributed by atoms with Crippen LogP contribution in [0.5, 0.6) is 0 Å². The predicted octanol–water partition coefficient (Wildman–Crippen LogP) is 1.78. The van der Waals surface area contributed by atoms with Crippen LogP contribution in [0.2, 0.25) is 0 Å². The summed E-state index contributed by atoms with van der Waals surface area (Å²) in [4.78, 5) is 14.9. The van der Waals surface area contributed by atoms with Gasteiger partial charge in [0.05, 0.1) is 12.7 Å². The summed E-state index contributed by atoms with van der Waals surface area (Å²) in [5.41, 5.74) is 0.233. The first-order chi connectivity index (χ1) is 7.70. The Balaban J connectivity index is 2.20. The van der Waals surface area contributed by atoms with Gasteiger partial charge >= 0.3 is 5.97 Å². The van der Waals surface area contributed by atoms with Crippen LogP contribution in [0.3, 0.4) is 0 Å². The van der Waals surface area contributed by atoms with Crippen LogP contribution in [-0.4, -0.2) is 20.6 Å². The lowest BCUT2D eigenvalue weighted by Gasteiger charge is -2.02. The van der Waals surface area contributed by atoms with Gasteiger partial charge in [0.15, 0.2) is 0 Å². The van der Waals surface area contributed by atoms with E-state index in [0.29, 0.717) is 12.4 Å². The van der Waals surface area contributed by atoms with Crippen LogP contribution in [0, 0.1) is 0 Å². The number of carbonyl (C=O) groups is 1. The number of carboxylic acid groups (broad SMARTS) is 1. The lowest BCUT2D eigenvalue weighted by molar-refractivity contribution is 0.0685. The van der Waals surface area contributed by atoms with Crippen molar-refractivity contribution in [1.29, 1.82) is 0 Å². The van der Waals surface area contributed by atoms with Crippen LogP contribution in [0.1, 0.15) is 29.1 Å². The number of hydrogen-bond acceptors (Lipinski definition) is 3. The van der Waals surface area contributed by atoms with Crippen molar-refractivity contribution in [2.24, 2.45) is 0 Å². The summed E-state index contributed by atoms with van der Waals surface area (Å²) >= 11 is 0. The first-order valence-corrected chi connectivity index (χ1v) is 5.02. The summed E-state index contributed by atoms with van der Waals surface area (Å²) in [5.74, 6) is 0.377. The highest BCUT2D eigenvalue weighted by Gasteiger charge is 2.11. The molecule has 5 nitrogen and oxygen atoms in total. The maximum absolute atomic E-state index is 10.9. The van der Waals surface area contributed by atoms with Gasteiger partial charge in [-0.3, -0.25) is 0 Å². The fourth-order valence-electron chi connectivity index (χ4n) is 1.48. The van der Waals surface area contributed by atoms with Crippen LogP contribution < -0.4 is 0 Å². The lowest BCUT2D eigenvalue weighted by Crippen LogP contribution is -2.08. The Morgan fingerprint density at radius 3 is 3.06 bits per heavy atom. The molecule has 0 aromatic carbocycles. The number of aromatic carboxylic acids is 1. The fourth-order valence-corrected chi connectivity index (χ4v) is 1.48. The smallest absolute Gasteiger partial charge is 0.352 e. The first kappa shape index (κ1) is 10.5. The summed E-state index contributed by atoms with van der Waals surface area (Å²) in [5, 5.41) is 8.91. The second-order valence-corrected chi connectivity index (χ2v) is 3.40. The molecule has 2 heterocycles. The number of aryl methyl sites for hydroxylation is 1. The molecule has 0 aliphatic carbocycles. The Morgan fingerprint density at radius 1 is 1.62 bits per heavy atom. The monoisotopic (exact) mass is 220 g/mol. The Bertz CT molecular complexity index is 499. The number of nitrogens with zero attached hydrogens (tertiary/aromatic N) is 2. The SMILES string of the molecule is CCc1cnc(Cn2cccc2C(=O)O)o1. The minimum absolute atomic E-state index is 0.233. The van der Waals surface area contributed by atoms with E-state index < -0.39 is 5.97 Å². The molecule has 2 rings (SSSR count). The van der Waals surface area contributed by atoms with Crippen molar-refractivity contribution in [3.05, 3.63) is 41.9 Å². The van der Waals surface area contributed by atoms with E-state index >= 15 is 0 Å². The number of oxazole rings is 1. The highest BCUT2D eigenvalue weighted by Crippen LogP contribution is 2.09. The van der Waals surface area contributed by atoms with Gasteiger partial charge in [0.25, 0.3) is 0 Å². The van der Waals surface area contributed by atoms with Crippen molar-refractivity contribution in [2.45, 2.75) is 19.9 Å². The fraction of sp³-hybridized carbons (Fsp3) is 0.273. The predicted molar refractivity (Wildman–Crippen MR) is 56.4 cm³/mol. The van der Waals surface area contributed by atoms with Crippen LogP contribution in [0.25, 0.3) is 0 Å². The maximum atomic E-state index is 10.9. The average Bonchev–Trinajstić information content (AvgIpc) is 2.87. The van der Waals surface area contributed by atoms with Gasteiger partial charge in [0.1, 0.15) is 11.5 Å². The maximum Gasteiger partial charge on any atom is 0.352 e. The van der Waals surface area contributed by atoms with Crippen molar-refractivity contribution < 1.29 is 14.3 Å². The third-order valence-corrected chi connectivity index (χ3v) is 2.30. The first-order valence-electron chi connectivity index (χ1n) is 5.02. The Hall–Kier alpha value is -2.04. The van der Waals surface area contributed by atoms with E-state index in [2.05, 4.69) is 4.98 Å². The number of hydrogen-bond donors (Lipinski definition) is 1. The molecule has 0 saturated carbocycles. The van der Waals surface area contributed by atoms with Gasteiger partial charge in [-0.1, -0.05) is 6.92 Å². The molecule has 2 aromatic rings. The second-order valence-electron chi connectivity index (χ2n) is 3.40. The minimum Gasteiger partial charge on any atom is -0.477 e. The lowest BCUT2D eigenvalue weighted by atomic mass is 10.4. The van der Waals surface area contributed by atoms with E-state index in [-0.39, 0.29) is 5.69 Å². The molecule has 0 radical (unpaired) electrons. The van der Waals surface area contributed by atoms with Gasteiger partial charge in [0.2, 0.25) is 5.89 Å². The van der Waals surface area contributed by atoms with Gasteiger partial charge in [0, 0.05) is 12.6 Å². The largest absolute Gasteiger partial charge is 0.477 e. The van der Waals surface area contributed by atoms with Gasteiger partial charge in [-0.15, -0.1) is 0 Å². The Morgan fingerprint density at radius 2 is 2.44 bits per heavy atom. The molecule has 5 heteroatoms. The van der Waals surface area contributed by atoms with Crippen LogP contribution >= 0.6 is 0 Å². The van der Waals surface area contributed by atoms with Gasteiger partial charge in [-0.2, -0.15) is 0 Å². The third kappa shape index (κ3) is 1.98. The Labute approximate surface area is 92.3 Å². The standard InChI is InChI=1S/C11H12N2O3/c1-2-8-6-12-10(16-8)7-13-5-3-4-9(13)11(14)15/h3-6H,2,7H2,1H3,(H,14,15). The van der Waals surface area contributed by atoms with E-state index in [4.69, 9.17) is 9.52 Å². The summed E-state index contributed by atoms with van der Waals surface area (Å²) in [6.07, 6.45) is 4.14. The highest BCUT2D eigenvalue weighted by atomic mass is 16.4. The van der Waals surface area contributed by atoms with Crippen molar-refractivity contribution >= 4 is 5.97 Å². The van der Waals surface area contributed by atoms with Crippen molar-refractivity contribution in [2.75, 3.05) is 0 Å². The third-order valence-electron chi connectivity index (χ3n) is 2.30. The average molecular weight is 220 g/mol. The molecule has 84 valence electrons. The molecule has 0 fully saturated rings. The highest BCUT2D eigenvalue weighted by molar-refractivity contribution is 5.85. The molecule has 0 aliphatic rings. The second kappa shape index (κ2) is 4.22. The quantitative estimate of drug-likeness (QED) is 0.852. The van der Waals surface area contributed by atoms with Gasteiger partial charge in [-0.05, 0) is 12.1 Å². The van der Waals surface area contributed by atoms with Crippen LogP contribution in [0.15, 0.2) is 28.9 Å². The van der Waals surface area contributed by atoms with Crippen molar-refractivity contribution in [3.63, 3.8) is 0 Å². The molecule has 0 bridgehead atoms. The van der Waals surface area contributed by atoms with Gasteiger partial charge in [-0.25, -0.2) is 9.78 Å². The molecule has 16 heavy (non-hydrogen) atoms. The van der Waals surface area contributed by atoms with Crippen LogP contribution in [-0.2, 0) is 13.0 Å². The molecule has 0 amide bonds. The van der Waals surface area contributed by atoms with E-state index in [1.165, 1.54) is 0 Å². The summed E-state index contributed by atoms with van der Waals surface area (Å²) < 4.78 is 7.01. The number of aromatic nitrogens is 2. The molecule has 0 atom stereocenters. The molecule has 0 unspecified atom stereocenters. The topological polar surface area (TPSA) is 68.3 Å². The summed E-state index contributed by atoms with van der Waals surface area (Å²) in [6, 6.07) is 3.24. The number of rotatable bonds is 4. The van der Waals surface area contributed by atoms with E-state index in [1.807, 2.05) is 6.92 Å². The van der Waals surface area contributed by atoms with E-state index in [0.717, 1.165) is 12.2 Å². The summed E-state index contributed by atoms with van der Waals surface area (Å²) in [7, 11) is 0.